The van der Waals surface area contributed by atoms with E-state index in [1.54, 1.807) is 72.8 Å². The Morgan fingerprint density at radius 2 is 1.16 bits per heavy atom. The van der Waals surface area contributed by atoms with Crippen LogP contribution in [0.25, 0.3) is 0 Å². The lowest BCUT2D eigenvalue weighted by atomic mass is 10.2. The van der Waals surface area contributed by atoms with Crippen molar-refractivity contribution in [2.24, 2.45) is 4.52 Å². The lowest BCUT2D eigenvalue weighted by Crippen LogP contribution is -2.11. The van der Waals surface area contributed by atoms with Gasteiger partial charge in [-0.05, 0) is 86.8 Å². The molecule has 0 saturated carbocycles. The molecule has 156 valence electrons. The normalized spacial score (nSPS) is 11.2. The summed E-state index contributed by atoms with van der Waals surface area (Å²) in [4.78, 5) is 5.77. The molecule has 0 N–H and O–H groups in total. The Morgan fingerprint density at radius 3 is 1.62 bits per heavy atom. The van der Waals surface area contributed by atoms with E-state index >= 15 is 0 Å². The summed E-state index contributed by atoms with van der Waals surface area (Å²) in [5, 5.41) is 26.8. The molecule has 0 aliphatic rings. The van der Waals surface area contributed by atoms with Gasteiger partial charge in [-0.2, -0.15) is 15.8 Å². The molecule has 0 aromatic heterocycles. The summed E-state index contributed by atoms with van der Waals surface area (Å²) in [6.45, 7) is 0. The van der Waals surface area contributed by atoms with Crippen LogP contribution in [0.3, 0.4) is 0 Å². The van der Waals surface area contributed by atoms with Gasteiger partial charge in [-0.1, -0.05) is 0 Å². The van der Waals surface area contributed by atoms with Crippen molar-refractivity contribution in [2.45, 2.75) is 0 Å². The standard InChI is InChI=1S/C21H14N5O3P3/c22-13-16-1-7-19(8-2-16)27-26(30)32(29-21-11-5-18(15-24)6-12-21)25-31-28-20-9-3-17(14-23)4-10-20/h1-12H,30H2. The van der Waals surface area contributed by atoms with Crippen molar-refractivity contribution in [3.8, 4) is 35.5 Å². The SMILES string of the molecule is N#Cc1ccc(OP=NP(Oc2ccc(C#N)cc2)N(P)Oc2ccc(C#N)cc2)cc1. The Labute approximate surface area is 190 Å². The van der Waals surface area contributed by atoms with E-state index in [9.17, 15) is 0 Å². The van der Waals surface area contributed by atoms with Gasteiger partial charge >= 0.3 is 8.45 Å². The zero-order valence-electron chi connectivity index (χ0n) is 16.4. The minimum Gasteiger partial charge on any atom is -0.437 e. The van der Waals surface area contributed by atoms with E-state index in [4.69, 9.17) is 29.7 Å². The summed E-state index contributed by atoms with van der Waals surface area (Å²) in [5.74, 6) is 1.55. The maximum atomic E-state index is 8.97. The van der Waals surface area contributed by atoms with Crippen molar-refractivity contribution in [3.63, 3.8) is 0 Å². The van der Waals surface area contributed by atoms with Crippen LogP contribution in [-0.2, 0) is 0 Å². The molecule has 0 amide bonds. The minimum atomic E-state index is -1.69. The summed E-state index contributed by atoms with van der Waals surface area (Å²) in [6, 6.07) is 26.0. The molecule has 11 heteroatoms. The molecule has 8 nitrogen and oxygen atoms in total. The van der Waals surface area contributed by atoms with Crippen LogP contribution in [0.1, 0.15) is 16.7 Å². The highest BCUT2D eigenvalue weighted by molar-refractivity contribution is 7.58. The monoisotopic (exact) mass is 477 g/mol. The summed E-state index contributed by atoms with van der Waals surface area (Å²) in [6.07, 6.45) is 0. The van der Waals surface area contributed by atoms with Crippen LogP contribution in [0.5, 0.6) is 17.2 Å². The van der Waals surface area contributed by atoms with Crippen molar-refractivity contribution in [3.05, 3.63) is 89.5 Å². The van der Waals surface area contributed by atoms with Crippen LogP contribution in [0.4, 0.5) is 0 Å². The van der Waals surface area contributed by atoms with Gasteiger partial charge in [0.05, 0.1) is 34.9 Å². The third-order valence-corrected chi connectivity index (χ3v) is 6.45. The van der Waals surface area contributed by atoms with Crippen LogP contribution in [0.15, 0.2) is 77.3 Å². The molecular formula is C21H14N5O3P3. The van der Waals surface area contributed by atoms with Crippen LogP contribution in [0.2, 0.25) is 0 Å². The van der Waals surface area contributed by atoms with E-state index in [0.717, 1.165) is 0 Å². The van der Waals surface area contributed by atoms with E-state index in [-0.39, 0.29) is 8.60 Å². The zero-order chi connectivity index (χ0) is 22.8. The summed E-state index contributed by atoms with van der Waals surface area (Å²) in [5.41, 5.74) is 1.56. The van der Waals surface area contributed by atoms with E-state index in [1.165, 1.54) is 4.60 Å². The Morgan fingerprint density at radius 1 is 0.719 bits per heavy atom. The highest BCUT2D eigenvalue weighted by atomic mass is 31.2. The third-order valence-electron chi connectivity index (χ3n) is 3.76. The molecule has 0 fully saturated rings. The van der Waals surface area contributed by atoms with Crippen molar-refractivity contribution >= 4 is 26.4 Å². The van der Waals surface area contributed by atoms with Crippen molar-refractivity contribution in [1.82, 2.24) is 4.60 Å². The quantitative estimate of drug-likeness (QED) is 0.284. The Kier molecular flexibility index (Phi) is 8.48. The molecule has 3 aromatic carbocycles. The number of benzene rings is 3. The Bertz CT molecular complexity index is 1200. The molecule has 32 heavy (non-hydrogen) atoms. The summed E-state index contributed by atoms with van der Waals surface area (Å²) < 4.78 is 17.4. The van der Waals surface area contributed by atoms with Gasteiger partial charge in [-0.15, -0.1) is 4.52 Å². The number of nitriles is 3. The maximum Gasteiger partial charge on any atom is 0.344 e. The van der Waals surface area contributed by atoms with Gasteiger partial charge in [0.25, 0.3) is 8.60 Å². The summed E-state index contributed by atoms with van der Waals surface area (Å²) in [7, 11) is 0.972. The van der Waals surface area contributed by atoms with Crippen LogP contribution in [0, 0.1) is 34.0 Å². The molecule has 0 heterocycles. The van der Waals surface area contributed by atoms with Gasteiger partial charge < -0.3 is 13.9 Å². The zero-order valence-corrected chi connectivity index (χ0v) is 19.3. The van der Waals surface area contributed by atoms with E-state index in [0.29, 0.717) is 33.9 Å². The number of nitrogens with zero attached hydrogens (tertiary/aromatic N) is 5. The first kappa shape index (κ1) is 23.1. The van der Waals surface area contributed by atoms with Gasteiger partial charge in [0.1, 0.15) is 17.2 Å². The van der Waals surface area contributed by atoms with Crippen LogP contribution in [-0.4, -0.2) is 4.60 Å². The van der Waals surface area contributed by atoms with Gasteiger partial charge in [0, 0.05) is 0 Å². The topological polar surface area (TPSA) is 115 Å². The maximum absolute atomic E-state index is 8.97. The molecule has 0 spiro atoms. The Balaban J connectivity index is 1.74. The molecular weight excluding hydrogens is 463 g/mol. The van der Waals surface area contributed by atoms with Gasteiger partial charge in [0.15, 0.2) is 0 Å². The second-order valence-electron chi connectivity index (χ2n) is 5.91. The van der Waals surface area contributed by atoms with Gasteiger partial charge in [-0.25, -0.2) is 0 Å². The number of hydrogen-bond acceptors (Lipinski definition) is 8. The fourth-order valence-corrected chi connectivity index (χ4v) is 4.51. The molecule has 3 aromatic rings. The fourth-order valence-electron chi connectivity index (χ4n) is 2.20. The van der Waals surface area contributed by atoms with E-state index in [2.05, 4.69) is 26.0 Å². The molecule has 2 atom stereocenters. The second-order valence-corrected chi connectivity index (χ2v) is 8.96. The first-order chi connectivity index (χ1) is 15.6. The van der Waals surface area contributed by atoms with E-state index in [1.807, 2.05) is 6.07 Å². The predicted octanol–water partition coefficient (Wildman–Crippen LogP) is 6.12. The predicted molar refractivity (Wildman–Crippen MR) is 123 cm³/mol. The molecule has 2 unspecified atom stereocenters. The van der Waals surface area contributed by atoms with Gasteiger partial charge in [-0.3, -0.25) is 0 Å². The lowest BCUT2D eigenvalue weighted by molar-refractivity contribution is 0.138. The van der Waals surface area contributed by atoms with Crippen molar-refractivity contribution in [1.29, 1.82) is 15.8 Å². The third kappa shape index (κ3) is 6.73. The highest BCUT2D eigenvalue weighted by Crippen LogP contribution is 2.48. The first-order valence-corrected chi connectivity index (χ1v) is 11.3. The first-order valence-electron chi connectivity index (χ1n) is 8.90. The smallest absolute Gasteiger partial charge is 0.344 e. The van der Waals surface area contributed by atoms with Gasteiger partial charge in [0.2, 0.25) is 0 Å². The van der Waals surface area contributed by atoms with Crippen LogP contribution >= 0.6 is 26.4 Å². The molecule has 0 saturated heterocycles. The average Bonchev–Trinajstić information content (AvgIpc) is 2.84. The largest absolute Gasteiger partial charge is 0.437 e. The fraction of sp³-hybridized carbons (Fsp3) is 0. The molecule has 3 rings (SSSR count). The number of rotatable bonds is 8. The Hall–Kier alpha value is -3.55. The second kappa shape index (κ2) is 11.7. The lowest BCUT2D eigenvalue weighted by Gasteiger charge is -2.22. The molecule has 0 aliphatic heterocycles. The molecule has 0 aliphatic carbocycles. The number of hydrogen-bond donors (Lipinski definition) is 0. The molecule has 0 bridgehead atoms. The van der Waals surface area contributed by atoms with E-state index < -0.39 is 8.45 Å². The summed E-state index contributed by atoms with van der Waals surface area (Å²) >= 11 is 0. The van der Waals surface area contributed by atoms with Crippen molar-refractivity contribution in [2.75, 3.05) is 0 Å². The molecule has 0 radical (unpaired) electrons. The highest BCUT2D eigenvalue weighted by Gasteiger charge is 2.21. The van der Waals surface area contributed by atoms with Crippen LogP contribution < -0.4 is 13.9 Å². The minimum absolute atomic E-state index is 0.260. The average molecular weight is 477 g/mol. The van der Waals surface area contributed by atoms with Crippen molar-refractivity contribution < 1.29 is 13.9 Å².